The van der Waals surface area contributed by atoms with E-state index in [1.807, 2.05) is 0 Å². The smallest absolute Gasteiger partial charge is 0.341 e. The molecule has 1 aromatic carbocycles. The van der Waals surface area contributed by atoms with Crippen LogP contribution in [0.4, 0.5) is 4.39 Å². The molecule has 0 saturated heterocycles. The molecule has 0 saturated carbocycles. The van der Waals surface area contributed by atoms with E-state index in [4.69, 9.17) is 4.74 Å². The van der Waals surface area contributed by atoms with Gasteiger partial charge in [-0.1, -0.05) is 0 Å². The highest BCUT2D eigenvalue weighted by atomic mass is 19.1. The number of aliphatic hydroxyl groups is 1. The number of ether oxygens (including phenoxy) is 1. The number of benzene rings is 1. The highest BCUT2D eigenvalue weighted by Crippen LogP contribution is 2.22. The molecule has 20 heavy (non-hydrogen) atoms. The maximum absolute atomic E-state index is 13.2. The molecular formula is C14H15FN2O3. The number of hydrogen-bond acceptors (Lipinski definition) is 4. The van der Waals surface area contributed by atoms with Crippen LogP contribution in [0.15, 0.2) is 30.6 Å². The summed E-state index contributed by atoms with van der Waals surface area (Å²) in [5, 5.41) is 13.7. The minimum Gasteiger partial charge on any atom is -0.462 e. The quantitative estimate of drug-likeness (QED) is 0.871. The maximum atomic E-state index is 13.2. The molecule has 1 aromatic heterocycles. The van der Waals surface area contributed by atoms with Gasteiger partial charge in [0, 0.05) is 11.8 Å². The molecule has 2 aromatic rings. The maximum Gasteiger partial charge on any atom is 0.341 e. The average Bonchev–Trinajstić information content (AvgIpc) is 2.88. The molecule has 0 bridgehead atoms. The fourth-order valence-corrected chi connectivity index (χ4v) is 1.84. The zero-order valence-corrected chi connectivity index (χ0v) is 11.2. The highest BCUT2D eigenvalue weighted by Gasteiger charge is 2.14. The highest BCUT2D eigenvalue weighted by molar-refractivity contribution is 5.88. The van der Waals surface area contributed by atoms with Crippen LogP contribution in [0.25, 0.3) is 5.69 Å². The van der Waals surface area contributed by atoms with Crippen molar-refractivity contribution in [3.63, 3.8) is 0 Å². The number of hydrogen-bond donors (Lipinski definition) is 1. The Kier molecular flexibility index (Phi) is 4.14. The van der Waals surface area contributed by atoms with Crippen LogP contribution in [0.3, 0.4) is 0 Å². The molecular weight excluding hydrogens is 263 g/mol. The van der Waals surface area contributed by atoms with Crippen molar-refractivity contribution in [1.29, 1.82) is 0 Å². The molecule has 1 heterocycles. The summed E-state index contributed by atoms with van der Waals surface area (Å²) in [5.41, 5.74) is 1.20. The van der Waals surface area contributed by atoms with Crippen LogP contribution in [0, 0.1) is 5.82 Å². The molecule has 0 aliphatic rings. The minimum atomic E-state index is -0.851. The van der Waals surface area contributed by atoms with Crippen molar-refractivity contribution in [2.24, 2.45) is 0 Å². The molecule has 0 fully saturated rings. The second kappa shape index (κ2) is 5.83. The molecule has 0 amide bonds. The first-order valence-electron chi connectivity index (χ1n) is 6.22. The van der Waals surface area contributed by atoms with Gasteiger partial charge < -0.3 is 9.84 Å². The predicted octanol–water partition coefficient (Wildman–Crippen LogP) is 2.24. The van der Waals surface area contributed by atoms with E-state index in [0.717, 1.165) is 0 Å². The summed E-state index contributed by atoms with van der Waals surface area (Å²) in [6.07, 6.45) is 2.00. The van der Waals surface area contributed by atoms with Gasteiger partial charge in [0.1, 0.15) is 5.82 Å². The predicted molar refractivity (Wildman–Crippen MR) is 70.1 cm³/mol. The number of rotatable bonds is 4. The number of halogens is 1. The Morgan fingerprint density at radius 2 is 2.30 bits per heavy atom. The Labute approximate surface area is 115 Å². The summed E-state index contributed by atoms with van der Waals surface area (Å²) in [7, 11) is 0. The molecule has 0 unspecified atom stereocenters. The normalized spacial score (nSPS) is 12.2. The first-order chi connectivity index (χ1) is 9.52. The summed E-state index contributed by atoms with van der Waals surface area (Å²) < 4.78 is 19.5. The Morgan fingerprint density at radius 1 is 1.55 bits per heavy atom. The van der Waals surface area contributed by atoms with Gasteiger partial charge >= 0.3 is 5.97 Å². The van der Waals surface area contributed by atoms with E-state index in [1.165, 1.54) is 42.2 Å². The third kappa shape index (κ3) is 2.85. The Bertz CT molecular complexity index is 623. The van der Waals surface area contributed by atoms with E-state index in [0.29, 0.717) is 16.8 Å². The van der Waals surface area contributed by atoms with Gasteiger partial charge in [0.2, 0.25) is 0 Å². The molecule has 2 rings (SSSR count). The number of esters is 1. The lowest BCUT2D eigenvalue weighted by Crippen LogP contribution is -2.05. The van der Waals surface area contributed by atoms with Crippen LogP contribution >= 0.6 is 0 Å². The molecule has 106 valence electrons. The lowest BCUT2D eigenvalue weighted by molar-refractivity contribution is 0.0526. The summed E-state index contributed by atoms with van der Waals surface area (Å²) in [6, 6.07) is 4.01. The van der Waals surface area contributed by atoms with E-state index in [1.54, 1.807) is 6.92 Å². The summed E-state index contributed by atoms with van der Waals surface area (Å²) in [6.45, 7) is 3.53. The molecule has 5 nitrogen and oxygen atoms in total. The van der Waals surface area contributed by atoms with E-state index in [-0.39, 0.29) is 6.61 Å². The van der Waals surface area contributed by atoms with Crippen LogP contribution in [-0.4, -0.2) is 27.5 Å². The first kappa shape index (κ1) is 14.2. The van der Waals surface area contributed by atoms with Crippen molar-refractivity contribution in [3.05, 3.63) is 47.5 Å². The van der Waals surface area contributed by atoms with Gasteiger partial charge in [-0.25, -0.2) is 13.9 Å². The van der Waals surface area contributed by atoms with Crippen molar-refractivity contribution in [2.45, 2.75) is 20.0 Å². The van der Waals surface area contributed by atoms with Crippen molar-refractivity contribution in [2.75, 3.05) is 6.61 Å². The standard InChI is InChI=1S/C14H15FN2O3/c1-3-20-14(19)10-7-16-17(8-10)13-5-4-11(15)6-12(13)9(2)18/h4-9,18H,3H2,1-2H3/t9-/m0/s1. The average molecular weight is 278 g/mol. The van der Waals surface area contributed by atoms with E-state index in [2.05, 4.69) is 5.10 Å². The number of carbonyl (C=O) groups excluding carboxylic acids is 1. The van der Waals surface area contributed by atoms with E-state index < -0.39 is 17.9 Å². The number of nitrogens with zero attached hydrogens (tertiary/aromatic N) is 2. The Hall–Kier alpha value is -2.21. The van der Waals surface area contributed by atoms with Gasteiger partial charge in [0.25, 0.3) is 0 Å². The van der Waals surface area contributed by atoms with Crippen molar-refractivity contribution in [3.8, 4) is 5.69 Å². The van der Waals surface area contributed by atoms with Gasteiger partial charge in [-0.2, -0.15) is 5.10 Å². The minimum absolute atomic E-state index is 0.277. The SMILES string of the molecule is CCOC(=O)c1cnn(-c2ccc(F)cc2[C@H](C)O)c1. The van der Waals surface area contributed by atoms with Gasteiger partial charge in [-0.15, -0.1) is 0 Å². The molecule has 0 radical (unpaired) electrons. The van der Waals surface area contributed by atoms with Crippen LogP contribution in [0.2, 0.25) is 0 Å². The lowest BCUT2D eigenvalue weighted by Gasteiger charge is -2.11. The van der Waals surface area contributed by atoms with Crippen molar-refractivity contribution >= 4 is 5.97 Å². The molecule has 6 heteroatoms. The van der Waals surface area contributed by atoms with Crippen LogP contribution < -0.4 is 0 Å². The third-order valence-electron chi connectivity index (χ3n) is 2.78. The molecule has 0 spiro atoms. The monoisotopic (exact) mass is 278 g/mol. The third-order valence-corrected chi connectivity index (χ3v) is 2.78. The van der Waals surface area contributed by atoms with Crippen LogP contribution in [-0.2, 0) is 4.74 Å². The van der Waals surface area contributed by atoms with Gasteiger partial charge in [0.15, 0.2) is 0 Å². The van der Waals surface area contributed by atoms with Crippen LogP contribution in [0.1, 0.15) is 35.9 Å². The van der Waals surface area contributed by atoms with Crippen molar-refractivity contribution < 1.29 is 19.0 Å². The fraction of sp³-hybridized carbons (Fsp3) is 0.286. The summed E-state index contributed by atoms with van der Waals surface area (Å²) in [4.78, 5) is 11.6. The fourth-order valence-electron chi connectivity index (χ4n) is 1.84. The lowest BCUT2D eigenvalue weighted by atomic mass is 10.1. The number of aromatic nitrogens is 2. The second-order valence-electron chi connectivity index (χ2n) is 4.27. The summed E-state index contributed by atoms with van der Waals surface area (Å²) in [5.74, 6) is -0.915. The Morgan fingerprint density at radius 3 is 2.95 bits per heavy atom. The molecule has 1 N–H and O–H groups in total. The first-order valence-corrected chi connectivity index (χ1v) is 6.22. The second-order valence-corrected chi connectivity index (χ2v) is 4.27. The number of carbonyl (C=O) groups is 1. The van der Waals surface area contributed by atoms with E-state index in [9.17, 15) is 14.3 Å². The van der Waals surface area contributed by atoms with E-state index >= 15 is 0 Å². The summed E-state index contributed by atoms with van der Waals surface area (Å²) >= 11 is 0. The van der Waals surface area contributed by atoms with Gasteiger partial charge in [0.05, 0.1) is 30.2 Å². The van der Waals surface area contributed by atoms with Gasteiger partial charge in [-0.05, 0) is 32.0 Å². The van der Waals surface area contributed by atoms with Crippen LogP contribution in [0.5, 0.6) is 0 Å². The molecule has 0 aliphatic heterocycles. The zero-order chi connectivity index (χ0) is 14.7. The Balaban J connectivity index is 2.40. The van der Waals surface area contributed by atoms with Crippen molar-refractivity contribution in [1.82, 2.24) is 9.78 Å². The largest absolute Gasteiger partial charge is 0.462 e. The topological polar surface area (TPSA) is 64.3 Å². The number of aliphatic hydroxyl groups excluding tert-OH is 1. The molecule has 1 atom stereocenters. The zero-order valence-electron chi connectivity index (χ0n) is 11.2. The molecule has 0 aliphatic carbocycles. The van der Waals surface area contributed by atoms with Gasteiger partial charge in [-0.3, -0.25) is 0 Å².